The topological polar surface area (TPSA) is 38.0 Å². The molecule has 0 spiro atoms. The number of aliphatic hydroxyl groups is 1. The van der Waals surface area contributed by atoms with Crippen LogP contribution in [0, 0.1) is 0 Å². The van der Waals surface area contributed by atoms with Gasteiger partial charge in [-0.15, -0.1) is 0 Å². The molecule has 0 bridgehead atoms. The standard InChI is InChI=1S/C10H16N2O/c1-2-12-9(4-8-11-12)3-5-10(13)6-7-10/h4,8,13H,2-3,5-7H2,1H3. The Morgan fingerprint density at radius 3 is 3.00 bits per heavy atom. The highest BCUT2D eigenvalue weighted by Crippen LogP contribution is 2.39. The van der Waals surface area contributed by atoms with Gasteiger partial charge in [-0.3, -0.25) is 4.68 Å². The molecular weight excluding hydrogens is 164 g/mol. The molecular formula is C10H16N2O. The molecule has 72 valence electrons. The maximum absolute atomic E-state index is 9.66. The van der Waals surface area contributed by atoms with Gasteiger partial charge >= 0.3 is 0 Å². The second-order valence-corrected chi connectivity index (χ2v) is 3.86. The first-order valence-corrected chi connectivity index (χ1v) is 4.96. The van der Waals surface area contributed by atoms with E-state index in [0.717, 1.165) is 32.2 Å². The Kier molecular flexibility index (Phi) is 2.12. The van der Waals surface area contributed by atoms with Crippen LogP contribution < -0.4 is 0 Å². The summed E-state index contributed by atoms with van der Waals surface area (Å²) >= 11 is 0. The fraction of sp³-hybridized carbons (Fsp3) is 0.700. The average molecular weight is 180 g/mol. The quantitative estimate of drug-likeness (QED) is 0.759. The minimum absolute atomic E-state index is 0.331. The van der Waals surface area contributed by atoms with Gasteiger partial charge in [0.15, 0.2) is 0 Å². The first-order chi connectivity index (χ1) is 6.23. The van der Waals surface area contributed by atoms with Crippen LogP contribution in [0.4, 0.5) is 0 Å². The molecule has 0 amide bonds. The van der Waals surface area contributed by atoms with Gasteiger partial charge in [-0.2, -0.15) is 5.10 Å². The van der Waals surface area contributed by atoms with Crippen molar-refractivity contribution in [1.29, 1.82) is 0 Å². The molecule has 0 aliphatic heterocycles. The van der Waals surface area contributed by atoms with Crippen molar-refractivity contribution in [3.63, 3.8) is 0 Å². The van der Waals surface area contributed by atoms with Crippen molar-refractivity contribution in [1.82, 2.24) is 9.78 Å². The number of nitrogens with zero attached hydrogens (tertiary/aromatic N) is 2. The van der Waals surface area contributed by atoms with Crippen molar-refractivity contribution >= 4 is 0 Å². The van der Waals surface area contributed by atoms with E-state index in [1.165, 1.54) is 5.69 Å². The molecule has 1 aliphatic rings. The summed E-state index contributed by atoms with van der Waals surface area (Å²) in [4.78, 5) is 0. The van der Waals surface area contributed by atoms with E-state index in [0.29, 0.717) is 0 Å². The second-order valence-electron chi connectivity index (χ2n) is 3.86. The highest BCUT2D eigenvalue weighted by molar-refractivity contribution is 5.04. The number of rotatable bonds is 4. The molecule has 1 saturated carbocycles. The summed E-state index contributed by atoms with van der Waals surface area (Å²) < 4.78 is 1.99. The van der Waals surface area contributed by atoms with E-state index in [-0.39, 0.29) is 5.60 Å². The van der Waals surface area contributed by atoms with Gasteiger partial charge in [-0.25, -0.2) is 0 Å². The largest absolute Gasteiger partial charge is 0.390 e. The first-order valence-electron chi connectivity index (χ1n) is 4.96. The molecule has 13 heavy (non-hydrogen) atoms. The van der Waals surface area contributed by atoms with Crippen LogP contribution in [-0.2, 0) is 13.0 Å². The molecule has 1 fully saturated rings. The third-order valence-corrected chi connectivity index (χ3v) is 2.78. The van der Waals surface area contributed by atoms with Crippen molar-refractivity contribution < 1.29 is 5.11 Å². The maximum Gasteiger partial charge on any atom is 0.0653 e. The summed E-state index contributed by atoms with van der Waals surface area (Å²) in [5.74, 6) is 0. The van der Waals surface area contributed by atoms with E-state index in [2.05, 4.69) is 12.0 Å². The molecule has 3 heteroatoms. The Morgan fingerprint density at radius 1 is 1.62 bits per heavy atom. The van der Waals surface area contributed by atoms with E-state index < -0.39 is 0 Å². The van der Waals surface area contributed by atoms with Gasteiger partial charge in [-0.05, 0) is 38.7 Å². The monoisotopic (exact) mass is 180 g/mol. The Hall–Kier alpha value is -0.830. The predicted molar refractivity (Wildman–Crippen MR) is 50.4 cm³/mol. The van der Waals surface area contributed by atoms with Crippen molar-refractivity contribution in [3.05, 3.63) is 18.0 Å². The van der Waals surface area contributed by atoms with Gasteiger partial charge in [0, 0.05) is 18.4 Å². The van der Waals surface area contributed by atoms with Crippen LogP contribution in [0.15, 0.2) is 12.3 Å². The second kappa shape index (κ2) is 3.14. The molecule has 0 saturated heterocycles. The molecule has 1 heterocycles. The zero-order chi connectivity index (χ0) is 9.31. The Bertz CT molecular complexity index is 289. The van der Waals surface area contributed by atoms with Gasteiger partial charge in [0.05, 0.1) is 5.60 Å². The van der Waals surface area contributed by atoms with E-state index in [9.17, 15) is 5.11 Å². The summed E-state index contributed by atoms with van der Waals surface area (Å²) in [7, 11) is 0. The van der Waals surface area contributed by atoms with Gasteiger partial charge < -0.3 is 5.11 Å². The third kappa shape index (κ3) is 1.91. The minimum atomic E-state index is -0.331. The first kappa shape index (κ1) is 8.75. The zero-order valence-electron chi connectivity index (χ0n) is 8.03. The number of hydrogen-bond donors (Lipinski definition) is 1. The van der Waals surface area contributed by atoms with Crippen molar-refractivity contribution in [2.45, 2.75) is 44.8 Å². The van der Waals surface area contributed by atoms with Crippen LogP contribution >= 0.6 is 0 Å². The van der Waals surface area contributed by atoms with Crippen molar-refractivity contribution in [3.8, 4) is 0 Å². The molecule has 0 atom stereocenters. The van der Waals surface area contributed by atoms with Crippen molar-refractivity contribution in [2.75, 3.05) is 0 Å². The SMILES string of the molecule is CCn1nccc1CCC1(O)CC1. The Labute approximate surface area is 78.4 Å². The van der Waals surface area contributed by atoms with Gasteiger partial charge in [0.1, 0.15) is 0 Å². The molecule has 0 radical (unpaired) electrons. The summed E-state index contributed by atoms with van der Waals surface area (Å²) in [6, 6.07) is 2.04. The van der Waals surface area contributed by atoms with Gasteiger partial charge in [-0.1, -0.05) is 0 Å². The highest BCUT2D eigenvalue weighted by Gasteiger charge is 2.39. The lowest BCUT2D eigenvalue weighted by molar-refractivity contribution is 0.140. The van der Waals surface area contributed by atoms with Gasteiger partial charge in [0.2, 0.25) is 0 Å². The van der Waals surface area contributed by atoms with E-state index >= 15 is 0 Å². The lowest BCUT2D eigenvalue weighted by Crippen LogP contribution is -2.10. The van der Waals surface area contributed by atoms with Crippen LogP contribution in [0.5, 0.6) is 0 Å². The van der Waals surface area contributed by atoms with Crippen LogP contribution in [-0.4, -0.2) is 20.5 Å². The lowest BCUT2D eigenvalue weighted by Gasteiger charge is -2.08. The summed E-state index contributed by atoms with van der Waals surface area (Å²) in [5.41, 5.74) is 0.908. The maximum atomic E-state index is 9.66. The fourth-order valence-electron chi connectivity index (χ4n) is 1.61. The minimum Gasteiger partial charge on any atom is -0.390 e. The lowest BCUT2D eigenvalue weighted by atomic mass is 10.1. The normalized spacial score (nSPS) is 18.9. The Balaban J connectivity index is 1.93. The summed E-state index contributed by atoms with van der Waals surface area (Å²) in [5, 5.41) is 13.9. The summed E-state index contributed by atoms with van der Waals surface area (Å²) in [6.45, 7) is 3.00. The molecule has 1 N–H and O–H groups in total. The number of aromatic nitrogens is 2. The molecule has 0 unspecified atom stereocenters. The predicted octanol–water partition coefficient (Wildman–Crippen LogP) is 1.36. The molecule has 0 aromatic carbocycles. The average Bonchev–Trinajstić information content (AvgIpc) is 2.69. The number of hydrogen-bond acceptors (Lipinski definition) is 2. The number of aryl methyl sites for hydroxylation is 2. The van der Waals surface area contributed by atoms with Gasteiger partial charge in [0.25, 0.3) is 0 Å². The highest BCUT2D eigenvalue weighted by atomic mass is 16.3. The smallest absolute Gasteiger partial charge is 0.0653 e. The van der Waals surface area contributed by atoms with Crippen molar-refractivity contribution in [2.24, 2.45) is 0 Å². The molecule has 3 nitrogen and oxygen atoms in total. The van der Waals surface area contributed by atoms with Crippen LogP contribution in [0.3, 0.4) is 0 Å². The van der Waals surface area contributed by atoms with Crippen LogP contribution in [0.2, 0.25) is 0 Å². The van der Waals surface area contributed by atoms with E-state index in [1.807, 2.05) is 16.9 Å². The molecule has 2 rings (SSSR count). The van der Waals surface area contributed by atoms with Crippen LogP contribution in [0.1, 0.15) is 31.9 Å². The third-order valence-electron chi connectivity index (χ3n) is 2.78. The summed E-state index contributed by atoms with van der Waals surface area (Å²) in [6.07, 6.45) is 5.62. The van der Waals surface area contributed by atoms with Crippen LogP contribution in [0.25, 0.3) is 0 Å². The fourth-order valence-corrected chi connectivity index (χ4v) is 1.61. The molecule has 1 aromatic heterocycles. The van der Waals surface area contributed by atoms with E-state index in [1.54, 1.807) is 0 Å². The van der Waals surface area contributed by atoms with E-state index in [4.69, 9.17) is 0 Å². The zero-order valence-corrected chi connectivity index (χ0v) is 8.03. The molecule has 1 aromatic rings. The molecule has 1 aliphatic carbocycles. The Morgan fingerprint density at radius 2 is 2.38 bits per heavy atom.